The van der Waals surface area contributed by atoms with Crippen LogP contribution in [0, 0.1) is 13.8 Å². The molecule has 116 valence electrons. The molecule has 1 amide bonds. The summed E-state index contributed by atoms with van der Waals surface area (Å²) in [7, 11) is 0. The maximum Gasteiger partial charge on any atom is 0.234 e. The number of aryl methyl sites for hydroxylation is 2. The lowest BCUT2D eigenvalue weighted by Gasteiger charge is -2.07. The van der Waals surface area contributed by atoms with Gasteiger partial charge in [0.1, 0.15) is 0 Å². The first kappa shape index (κ1) is 14.9. The first-order valence-corrected chi connectivity index (χ1v) is 8.23. The van der Waals surface area contributed by atoms with Crippen LogP contribution in [0.3, 0.4) is 0 Å². The van der Waals surface area contributed by atoms with Crippen LogP contribution in [0.15, 0.2) is 23.4 Å². The van der Waals surface area contributed by atoms with Gasteiger partial charge in [0.15, 0.2) is 5.82 Å². The highest BCUT2D eigenvalue weighted by atomic mass is 32.2. The van der Waals surface area contributed by atoms with Crippen molar-refractivity contribution in [1.29, 1.82) is 0 Å². The monoisotopic (exact) mass is 317 g/mol. The number of amides is 1. The van der Waals surface area contributed by atoms with Gasteiger partial charge in [0.2, 0.25) is 11.1 Å². The van der Waals surface area contributed by atoms with Gasteiger partial charge in [0.25, 0.3) is 0 Å². The Bertz CT molecular complexity index is 688. The maximum atomic E-state index is 12.0. The Hall–Kier alpha value is -2.02. The average Bonchev–Trinajstić information content (AvgIpc) is 3.20. The van der Waals surface area contributed by atoms with Crippen LogP contribution in [0.5, 0.6) is 0 Å². The zero-order valence-corrected chi connectivity index (χ0v) is 13.5. The Kier molecular flexibility index (Phi) is 4.06. The Labute approximate surface area is 133 Å². The molecule has 1 heterocycles. The number of nitrogens with zero attached hydrogens (tertiary/aromatic N) is 3. The van der Waals surface area contributed by atoms with E-state index in [9.17, 15) is 4.79 Å². The molecule has 2 aromatic rings. The molecule has 1 aliphatic rings. The van der Waals surface area contributed by atoms with E-state index in [4.69, 9.17) is 5.84 Å². The van der Waals surface area contributed by atoms with Gasteiger partial charge in [-0.1, -0.05) is 17.8 Å². The predicted molar refractivity (Wildman–Crippen MR) is 87.4 cm³/mol. The van der Waals surface area contributed by atoms with E-state index in [1.165, 1.54) is 16.4 Å². The topological polar surface area (TPSA) is 85.8 Å². The van der Waals surface area contributed by atoms with E-state index in [1.807, 2.05) is 26.0 Å². The number of hydrogen-bond acceptors (Lipinski definition) is 5. The van der Waals surface area contributed by atoms with Crippen LogP contribution in [0.1, 0.15) is 35.7 Å². The SMILES string of the molecule is Cc1cc(C)cc(NC(=O)CSc2nnc(C3CC3)n2N)c1. The molecule has 0 spiro atoms. The highest BCUT2D eigenvalue weighted by Crippen LogP contribution is 2.39. The summed E-state index contributed by atoms with van der Waals surface area (Å²) in [4.78, 5) is 12.0. The molecule has 6 nitrogen and oxygen atoms in total. The van der Waals surface area contributed by atoms with E-state index >= 15 is 0 Å². The lowest BCUT2D eigenvalue weighted by atomic mass is 10.1. The smallest absolute Gasteiger partial charge is 0.234 e. The van der Waals surface area contributed by atoms with Crippen molar-refractivity contribution >= 4 is 23.4 Å². The molecule has 1 aromatic carbocycles. The number of rotatable bonds is 5. The highest BCUT2D eigenvalue weighted by Gasteiger charge is 2.29. The van der Waals surface area contributed by atoms with Crippen molar-refractivity contribution in [2.75, 3.05) is 16.9 Å². The summed E-state index contributed by atoms with van der Waals surface area (Å²) >= 11 is 1.30. The first-order valence-electron chi connectivity index (χ1n) is 7.24. The van der Waals surface area contributed by atoms with Crippen LogP contribution in [-0.2, 0) is 4.79 Å². The van der Waals surface area contributed by atoms with Gasteiger partial charge in [-0.2, -0.15) is 0 Å². The Morgan fingerprint density at radius 2 is 2.00 bits per heavy atom. The molecule has 7 heteroatoms. The number of thioether (sulfide) groups is 1. The number of anilines is 1. The number of nitrogens with two attached hydrogens (primary N) is 1. The minimum atomic E-state index is -0.0778. The van der Waals surface area contributed by atoms with E-state index < -0.39 is 0 Å². The molecule has 0 unspecified atom stereocenters. The van der Waals surface area contributed by atoms with Crippen LogP contribution in [0.4, 0.5) is 5.69 Å². The van der Waals surface area contributed by atoms with Crippen LogP contribution < -0.4 is 11.2 Å². The van der Waals surface area contributed by atoms with Crippen LogP contribution in [-0.4, -0.2) is 26.5 Å². The van der Waals surface area contributed by atoms with Crippen molar-refractivity contribution in [3.8, 4) is 0 Å². The van der Waals surface area contributed by atoms with Crippen molar-refractivity contribution in [1.82, 2.24) is 14.9 Å². The molecule has 22 heavy (non-hydrogen) atoms. The zero-order valence-electron chi connectivity index (χ0n) is 12.7. The zero-order chi connectivity index (χ0) is 15.7. The first-order chi connectivity index (χ1) is 10.5. The summed E-state index contributed by atoms with van der Waals surface area (Å²) in [6.07, 6.45) is 2.24. The third-order valence-electron chi connectivity index (χ3n) is 3.47. The molecule has 0 radical (unpaired) electrons. The number of aromatic nitrogens is 3. The summed E-state index contributed by atoms with van der Waals surface area (Å²) in [5.74, 6) is 7.40. The number of benzene rings is 1. The molecular weight excluding hydrogens is 298 g/mol. The van der Waals surface area contributed by atoms with E-state index in [0.29, 0.717) is 11.1 Å². The Morgan fingerprint density at radius 3 is 2.64 bits per heavy atom. The van der Waals surface area contributed by atoms with Gasteiger partial charge in [0, 0.05) is 11.6 Å². The fourth-order valence-electron chi connectivity index (χ4n) is 2.38. The van der Waals surface area contributed by atoms with Crippen LogP contribution >= 0.6 is 11.8 Å². The van der Waals surface area contributed by atoms with E-state index in [1.54, 1.807) is 0 Å². The maximum absolute atomic E-state index is 12.0. The number of nitrogen functional groups attached to an aromatic ring is 1. The normalized spacial score (nSPS) is 14.1. The van der Waals surface area contributed by atoms with Crippen molar-refractivity contribution in [3.63, 3.8) is 0 Å². The van der Waals surface area contributed by atoms with E-state index in [-0.39, 0.29) is 11.7 Å². The predicted octanol–water partition coefficient (Wildman–Crippen LogP) is 2.22. The van der Waals surface area contributed by atoms with Gasteiger partial charge in [-0.3, -0.25) is 4.79 Å². The molecular formula is C15H19N5OS. The Morgan fingerprint density at radius 1 is 1.32 bits per heavy atom. The van der Waals surface area contributed by atoms with Crippen molar-refractivity contribution in [2.24, 2.45) is 0 Å². The van der Waals surface area contributed by atoms with Crippen molar-refractivity contribution in [2.45, 2.75) is 37.8 Å². The minimum absolute atomic E-state index is 0.0778. The largest absolute Gasteiger partial charge is 0.336 e. The third-order valence-corrected chi connectivity index (χ3v) is 4.41. The quantitative estimate of drug-likeness (QED) is 0.652. The molecule has 1 aromatic heterocycles. The lowest BCUT2D eigenvalue weighted by Crippen LogP contribution is -2.17. The minimum Gasteiger partial charge on any atom is -0.336 e. The summed E-state index contributed by atoms with van der Waals surface area (Å²) in [6, 6.07) is 5.97. The molecule has 0 atom stereocenters. The third kappa shape index (κ3) is 3.41. The fraction of sp³-hybridized carbons (Fsp3) is 0.400. The second-order valence-corrected chi connectivity index (χ2v) is 6.64. The molecule has 1 fully saturated rings. The van der Waals surface area contributed by atoms with Crippen molar-refractivity contribution in [3.05, 3.63) is 35.2 Å². The highest BCUT2D eigenvalue weighted by molar-refractivity contribution is 7.99. The number of hydrogen-bond donors (Lipinski definition) is 2. The van der Waals surface area contributed by atoms with Crippen LogP contribution in [0.2, 0.25) is 0 Å². The average molecular weight is 317 g/mol. The molecule has 0 bridgehead atoms. The van der Waals surface area contributed by atoms with Gasteiger partial charge in [-0.05, 0) is 49.9 Å². The molecule has 1 saturated carbocycles. The lowest BCUT2D eigenvalue weighted by molar-refractivity contribution is -0.113. The summed E-state index contributed by atoms with van der Waals surface area (Å²) in [5, 5.41) is 11.6. The van der Waals surface area contributed by atoms with Crippen LogP contribution in [0.25, 0.3) is 0 Å². The van der Waals surface area contributed by atoms with Gasteiger partial charge in [0.05, 0.1) is 5.75 Å². The summed E-state index contributed by atoms with van der Waals surface area (Å²) in [6.45, 7) is 4.02. The molecule has 3 N–H and O–H groups in total. The molecule has 1 aliphatic carbocycles. The number of carbonyl (C=O) groups excluding carboxylic acids is 1. The molecule has 3 rings (SSSR count). The van der Waals surface area contributed by atoms with Gasteiger partial charge >= 0.3 is 0 Å². The summed E-state index contributed by atoms with van der Waals surface area (Å²) in [5.41, 5.74) is 3.06. The standard InChI is InChI=1S/C15H19N5OS/c1-9-5-10(2)7-12(6-9)17-13(21)8-22-15-19-18-14(20(15)16)11-3-4-11/h5-7,11H,3-4,8,16H2,1-2H3,(H,17,21). The molecule has 0 aliphatic heterocycles. The van der Waals surface area contributed by atoms with Gasteiger partial charge in [-0.15, -0.1) is 10.2 Å². The van der Waals surface area contributed by atoms with E-state index in [2.05, 4.69) is 21.6 Å². The van der Waals surface area contributed by atoms with Gasteiger partial charge in [-0.25, -0.2) is 4.68 Å². The second-order valence-electron chi connectivity index (χ2n) is 5.70. The number of carbonyl (C=O) groups is 1. The Balaban J connectivity index is 1.58. The number of nitrogens with one attached hydrogen (secondary N) is 1. The van der Waals surface area contributed by atoms with Crippen molar-refractivity contribution < 1.29 is 4.79 Å². The van der Waals surface area contributed by atoms with Gasteiger partial charge < -0.3 is 11.2 Å². The fourth-order valence-corrected chi connectivity index (χ4v) is 3.04. The summed E-state index contributed by atoms with van der Waals surface area (Å²) < 4.78 is 1.51. The van der Waals surface area contributed by atoms with E-state index in [0.717, 1.165) is 35.5 Å². The molecule has 0 saturated heterocycles. The second kappa shape index (κ2) is 6.00.